The maximum atomic E-state index is 15.4. The van der Waals surface area contributed by atoms with Crippen LogP contribution in [0.2, 0.25) is 0 Å². The first-order valence-corrected chi connectivity index (χ1v) is 19.7. The molecule has 8 rings (SSSR count). The van der Waals surface area contributed by atoms with Crippen molar-refractivity contribution in [2.75, 3.05) is 36.4 Å². The predicted molar refractivity (Wildman–Crippen MR) is 223 cm³/mol. The highest BCUT2D eigenvalue weighted by Crippen LogP contribution is 2.65. The number of hydrazine groups is 1. The second kappa shape index (κ2) is 14.5. The number of hydrogen-bond acceptors (Lipinski definition) is 12. The Balaban J connectivity index is 1.32. The fourth-order valence-corrected chi connectivity index (χ4v) is 10.4. The number of fused-ring (bicyclic) bond motifs is 4. The van der Waals surface area contributed by atoms with E-state index >= 15 is 4.79 Å². The number of amides is 4. The molecule has 4 aromatic rings. The van der Waals surface area contributed by atoms with Crippen molar-refractivity contribution in [3.8, 4) is 11.5 Å². The Labute approximate surface area is 350 Å². The Morgan fingerprint density at radius 2 is 1.54 bits per heavy atom. The zero-order valence-corrected chi connectivity index (χ0v) is 34.3. The van der Waals surface area contributed by atoms with E-state index in [1.807, 2.05) is 47.7 Å². The normalized spacial score (nSPS) is 24.6. The number of aromatic hydroxyl groups is 1. The fourth-order valence-electron chi connectivity index (χ4n) is 9.75. The average molecular weight is 913 g/mol. The van der Waals surface area contributed by atoms with Crippen LogP contribution in [-0.2, 0) is 24.6 Å². The summed E-state index contributed by atoms with van der Waals surface area (Å²) in [7, 11) is 4.22. The van der Waals surface area contributed by atoms with Crippen LogP contribution < -0.4 is 20.0 Å². The van der Waals surface area contributed by atoms with Crippen molar-refractivity contribution in [3.05, 3.63) is 131 Å². The van der Waals surface area contributed by atoms with E-state index in [9.17, 15) is 39.7 Å². The van der Waals surface area contributed by atoms with Crippen molar-refractivity contribution in [3.63, 3.8) is 0 Å². The van der Waals surface area contributed by atoms with E-state index in [-0.39, 0.29) is 35.7 Å². The zero-order valence-electron chi connectivity index (χ0n) is 32.1. The number of hydrogen-bond donors (Lipinski definition) is 2. The van der Waals surface area contributed by atoms with E-state index in [0.29, 0.717) is 26.0 Å². The lowest BCUT2D eigenvalue weighted by atomic mass is 9.49. The van der Waals surface area contributed by atoms with E-state index in [2.05, 4.69) is 5.43 Å². The van der Waals surface area contributed by atoms with E-state index < -0.39 is 79.9 Å². The summed E-state index contributed by atoms with van der Waals surface area (Å²) in [5.41, 5.74) is 2.66. The van der Waals surface area contributed by atoms with Crippen molar-refractivity contribution in [2.45, 2.75) is 31.1 Å². The van der Waals surface area contributed by atoms with Crippen LogP contribution in [0.3, 0.4) is 0 Å². The number of carbonyl (C=O) groups is 4. The third-order valence-electron chi connectivity index (χ3n) is 12.2. The Hall–Kier alpha value is -6.37. The highest BCUT2D eigenvalue weighted by atomic mass is 127. The van der Waals surface area contributed by atoms with Gasteiger partial charge in [-0.25, -0.2) is 4.90 Å². The van der Waals surface area contributed by atoms with Crippen molar-refractivity contribution in [2.24, 2.45) is 23.7 Å². The standard InChI is InChI=1S/C42H37IN6O10/c1-21-10-12-24(13-11-21)44-47-39(52)29-20-28-26(35(22-16-30(43)37(50)33(17-22)59-4)42(29,41(47)54)23-8-6-5-7-9-23)14-15-27-34(28)40(53)46(38(27)51)25-18-31(48(55)56)36(45(2)3)32(19-25)49(57)58/h5-14,16-19,27-29,34-35,44,50H,15,20H2,1-4H3. The Kier molecular flexibility index (Phi) is 9.68. The smallest absolute Gasteiger partial charge is 0.301 e. The Morgan fingerprint density at radius 1 is 0.898 bits per heavy atom. The molecule has 0 aromatic heterocycles. The molecule has 59 heavy (non-hydrogen) atoms. The number of rotatable bonds is 9. The summed E-state index contributed by atoms with van der Waals surface area (Å²) in [4.78, 5) is 84.6. The number of phenols is 1. The molecule has 16 nitrogen and oxygen atoms in total. The lowest BCUT2D eigenvalue weighted by molar-refractivity contribution is -0.392. The molecule has 1 saturated carbocycles. The van der Waals surface area contributed by atoms with Gasteiger partial charge in [-0.2, -0.15) is 5.01 Å². The largest absolute Gasteiger partial charge is 0.504 e. The molecule has 2 aliphatic heterocycles. The number of imide groups is 2. The maximum absolute atomic E-state index is 15.4. The summed E-state index contributed by atoms with van der Waals surface area (Å²) in [6.45, 7) is 1.91. The topological polar surface area (TPSA) is 206 Å². The number of ether oxygens (including phenoxy) is 1. The van der Waals surface area contributed by atoms with Crippen LogP contribution >= 0.6 is 22.6 Å². The first-order valence-electron chi connectivity index (χ1n) is 18.7. The number of nitro benzene ring substituents is 2. The van der Waals surface area contributed by atoms with E-state index in [4.69, 9.17) is 4.74 Å². The van der Waals surface area contributed by atoms with Crippen molar-refractivity contribution in [1.29, 1.82) is 0 Å². The number of nitro groups is 2. The van der Waals surface area contributed by atoms with Gasteiger partial charge in [0.2, 0.25) is 11.8 Å². The number of halogens is 1. The van der Waals surface area contributed by atoms with Crippen molar-refractivity contribution >= 4 is 74.7 Å². The molecule has 4 aromatic carbocycles. The first-order chi connectivity index (χ1) is 28.1. The number of aryl methyl sites for hydroxylation is 1. The lowest BCUT2D eigenvalue weighted by Crippen LogP contribution is -2.53. The molecule has 3 fully saturated rings. The molecule has 0 radical (unpaired) electrons. The Bertz CT molecular complexity index is 2490. The SMILES string of the molecule is COc1cc(C2C3=CCC4C(=O)N(c5cc([N+](=O)[O-])c(N(C)C)c([N+](=O)[O-])c5)C(=O)C4C3CC3C(=O)N(Nc4ccc(C)cc4)C(=O)C32c2ccccc2)cc(I)c1O. The summed E-state index contributed by atoms with van der Waals surface area (Å²) < 4.78 is 5.99. The number of benzene rings is 4. The number of nitrogens with zero attached hydrogens (tertiary/aromatic N) is 5. The number of nitrogens with one attached hydrogen (secondary N) is 1. The number of allylic oxidation sites excluding steroid dienone is 2. The molecule has 4 aliphatic rings. The number of anilines is 3. The van der Waals surface area contributed by atoms with Crippen molar-refractivity contribution < 1.29 is 38.9 Å². The van der Waals surface area contributed by atoms with Gasteiger partial charge >= 0.3 is 11.4 Å². The minimum Gasteiger partial charge on any atom is -0.504 e. The summed E-state index contributed by atoms with van der Waals surface area (Å²) in [5.74, 6) is -7.40. The molecule has 2 N–H and O–H groups in total. The highest BCUT2D eigenvalue weighted by Gasteiger charge is 2.70. The van der Waals surface area contributed by atoms with Crippen molar-refractivity contribution in [1.82, 2.24) is 5.01 Å². The van der Waals surface area contributed by atoms with Crippen LogP contribution in [0.1, 0.15) is 35.4 Å². The van der Waals surface area contributed by atoms with Gasteiger partial charge in [0.25, 0.3) is 11.8 Å². The summed E-state index contributed by atoms with van der Waals surface area (Å²) in [5, 5.41) is 36.5. The second-order valence-corrected chi connectivity index (χ2v) is 16.6. The van der Waals surface area contributed by atoms with Gasteiger partial charge < -0.3 is 14.7 Å². The number of phenolic OH excluding ortho intramolecular Hbond substituents is 1. The van der Waals surface area contributed by atoms with Gasteiger partial charge in [0, 0.05) is 32.1 Å². The van der Waals surface area contributed by atoms with Crippen LogP contribution in [0.15, 0.2) is 90.5 Å². The van der Waals surface area contributed by atoms with Crippen LogP contribution in [-0.4, -0.2) is 64.8 Å². The fraction of sp³-hybridized carbons (Fsp3) is 0.286. The summed E-state index contributed by atoms with van der Waals surface area (Å²) in [6.07, 6.45) is 1.84. The van der Waals surface area contributed by atoms with Gasteiger partial charge in [0.05, 0.1) is 55.1 Å². The third kappa shape index (κ3) is 5.91. The average Bonchev–Trinajstić information content (AvgIpc) is 3.59. The van der Waals surface area contributed by atoms with E-state index in [0.717, 1.165) is 27.6 Å². The van der Waals surface area contributed by atoms with Gasteiger partial charge in [-0.15, -0.1) is 0 Å². The lowest BCUT2D eigenvalue weighted by Gasteiger charge is -2.50. The molecule has 6 atom stereocenters. The molecule has 0 spiro atoms. The van der Waals surface area contributed by atoms with E-state index in [1.54, 1.807) is 54.6 Å². The number of methoxy groups -OCH3 is 1. The summed E-state index contributed by atoms with van der Waals surface area (Å²) >= 11 is 1.97. The summed E-state index contributed by atoms with van der Waals surface area (Å²) in [6, 6.07) is 21.4. The molecular formula is C42H37IN6O10. The molecule has 2 saturated heterocycles. The third-order valence-corrected chi connectivity index (χ3v) is 13.0. The quantitative estimate of drug-likeness (QED) is 0.0617. The van der Waals surface area contributed by atoms with Gasteiger partial charge in [-0.05, 0) is 83.7 Å². The minimum atomic E-state index is -1.59. The zero-order chi connectivity index (χ0) is 42.2. The minimum absolute atomic E-state index is 0.0311. The molecule has 2 aliphatic carbocycles. The van der Waals surface area contributed by atoms with Gasteiger partial charge in [0.1, 0.15) is 0 Å². The van der Waals surface area contributed by atoms with E-state index in [1.165, 1.54) is 26.1 Å². The highest BCUT2D eigenvalue weighted by molar-refractivity contribution is 14.1. The molecule has 0 bridgehead atoms. The van der Waals surface area contributed by atoms with Gasteiger partial charge in [-0.3, -0.25) is 44.8 Å². The monoisotopic (exact) mass is 912 g/mol. The number of carbonyl (C=O) groups excluding carboxylic acids is 4. The van der Waals surface area contributed by atoms with Crippen LogP contribution in [0.5, 0.6) is 11.5 Å². The van der Waals surface area contributed by atoms with Crippen LogP contribution in [0.25, 0.3) is 0 Å². The van der Waals surface area contributed by atoms with Gasteiger partial charge in [0.15, 0.2) is 17.2 Å². The molecule has 2 heterocycles. The Morgan fingerprint density at radius 3 is 2.14 bits per heavy atom. The second-order valence-electron chi connectivity index (χ2n) is 15.4. The first kappa shape index (κ1) is 39.5. The predicted octanol–water partition coefficient (Wildman–Crippen LogP) is 6.39. The molecule has 17 heteroatoms. The van der Waals surface area contributed by atoms with Crippen LogP contribution in [0.4, 0.5) is 28.4 Å². The molecular weight excluding hydrogens is 875 g/mol. The molecule has 302 valence electrons. The molecule has 4 amide bonds. The molecule has 6 unspecified atom stereocenters. The van der Waals surface area contributed by atoms with Crippen LogP contribution in [0, 0.1) is 54.4 Å². The maximum Gasteiger partial charge on any atom is 0.301 e. The van der Waals surface area contributed by atoms with Gasteiger partial charge in [-0.1, -0.05) is 59.7 Å².